The molecule has 3 rings (SSSR count). The number of aliphatic imine (C=N–C) groups is 1. The summed E-state index contributed by atoms with van der Waals surface area (Å²) in [5.41, 5.74) is 0. The average Bonchev–Trinajstić information content (AvgIpc) is 3.29. The first kappa shape index (κ1) is 22.0. The molecule has 1 atom stereocenters. The lowest BCUT2D eigenvalue weighted by atomic mass is 10.2. The Hall–Kier alpha value is -1.29. The number of aromatic nitrogens is 2. The standard InChI is InChI=1S/C19H27N5OS.HI/c1-3-20-19(21-11-9-18-22-15(2)23-25-18)24-12-10-16(13-24)14-26-17-7-5-4-6-8-17;/h4-8,16H,3,9-14H2,1-2H3,(H,20,21);1H. The number of hydrogen-bond donors (Lipinski definition) is 1. The number of aryl methyl sites for hydroxylation is 1. The summed E-state index contributed by atoms with van der Waals surface area (Å²) in [5, 5.41) is 7.23. The van der Waals surface area contributed by atoms with Crippen LogP contribution in [-0.4, -0.2) is 52.9 Å². The summed E-state index contributed by atoms with van der Waals surface area (Å²) < 4.78 is 5.16. The molecule has 0 radical (unpaired) electrons. The average molecular weight is 501 g/mol. The number of halogens is 1. The second-order valence-corrected chi connectivity index (χ2v) is 7.54. The maximum Gasteiger partial charge on any atom is 0.228 e. The lowest BCUT2D eigenvalue weighted by molar-refractivity contribution is 0.375. The summed E-state index contributed by atoms with van der Waals surface area (Å²) in [5.74, 6) is 4.18. The summed E-state index contributed by atoms with van der Waals surface area (Å²) in [6.45, 7) is 7.59. The molecule has 1 fully saturated rings. The molecule has 8 heteroatoms. The number of nitrogens with zero attached hydrogens (tertiary/aromatic N) is 4. The van der Waals surface area contributed by atoms with Crippen LogP contribution in [0.25, 0.3) is 0 Å². The Morgan fingerprint density at radius 2 is 2.19 bits per heavy atom. The third kappa shape index (κ3) is 6.99. The van der Waals surface area contributed by atoms with Gasteiger partial charge in [-0.2, -0.15) is 4.98 Å². The first-order valence-corrected chi connectivity index (χ1v) is 10.2. The van der Waals surface area contributed by atoms with Gasteiger partial charge >= 0.3 is 0 Å². The van der Waals surface area contributed by atoms with Gasteiger partial charge in [0.25, 0.3) is 0 Å². The van der Waals surface area contributed by atoms with E-state index in [9.17, 15) is 0 Å². The highest BCUT2D eigenvalue weighted by molar-refractivity contribution is 14.0. The molecule has 0 spiro atoms. The van der Waals surface area contributed by atoms with E-state index in [0.29, 0.717) is 30.6 Å². The molecule has 2 aromatic rings. The maximum absolute atomic E-state index is 5.16. The van der Waals surface area contributed by atoms with Crippen molar-refractivity contribution in [2.45, 2.75) is 31.6 Å². The molecule has 27 heavy (non-hydrogen) atoms. The van der Waals surface area contributed by atoms with Gasteiger partial charge < -0.3 is 14.7 Å². The lowest BCUT2D eigenvalue weighted by Gasteiger charge is -2.21. The fourth-order valence-corrected chi connectivity index (χ4v) is 4.07. The van der Waals surface area contributed by atoms with Crippen LogP contribution in [0.5, 0.6) is 0 Å². The van der Waals surface area contributed by atoms with Gasteiger partial charge in [-0.1, -0.05) is 23.4 Å². The van der Waals surface area contributed by atoms with Crippen LogP contribution in [0.3, 0.4) is 0 Å². The smallest absolute Gasteiger partial charge is 0.228 e. The second kappa shape index (κ2) is 11.5. The molecule has 1 aromatic heterocycles. The fourth-order valence-electron chi connectivity index (χ4n) is 3.02. The molecule has 1 unspecified atom stereocenters. The van der Waals surface area contributed by atoms with Crippen molar-refractivity contribution >= 4 is 41.7 Å². The van der Waals surface area contributed by atoms with Crippen molar-refractivity contribution in [3.8, 4) is 0 Å². The number of benzene rings is 1. The zero-order chi connectivity index (χ0) is 18.2. The number of thioether (sulfide) groups is 1. The van der Waals surface area contributed by atoms with E-state index >= 15 is 0 Å². The van der Waals surface area contributed by atoms with Crippen LogP contribution in [0.2, 0.25) is 0 Å². The Morgan fingerprint density at radius 1 is 1.37 bits per heavy atom. The molecule has 0 saturated carbocycles. The number of nitrogens with one attached hydrogen (secondary N) is 1. The molecule has 1 N–H and O–H groups in total. The van der Waals surface area contributed by atoms with E-state index in [-0.39, 0.29) is 24.0 Å². The van der Waals surface area contributed by atoms with Crippen LogP contribution in [0, 0.1) is 12.8 Å². The summed E-state index contributed by atoms with van der Waals surface area (Å²) >= 11 is 1.95. The molecular weight excluding hydrogens is 473 g/mol. The molecule has 1 aliphatic heterocycles. The zero-order valence-electron chi connectivity index (χ0n) is 15.9. The van der Waals surface area contributed by atoms with Gasteiger partial charge in [0.15, 0.2) is 11.8 Å². The Morgan fingerprint density at radius 3 is 2.89 bits per heavy atom. The van der Waals surface area contributed by atoms with Gasteiger partial charge in [-0.25, -0.2) is 0 Å². The molecule has 6 nitrogen and oxygen atoms in total. The van der Waals surface area contributed by atoms with Crippen molar-refractivity contribution in [1.29, 1.82) is 0 Å². The number of rotatable bonds is 7. The van der Waals surface area contributed by atoms with E-state index in [0.717, 1.165) is 31.3 Å². The van der Waals surface area contributed by atoms with Crippen molar-refractivity contribution < 1.29 is 4.52 Å². The topological polar surface area (TPSA) is 66.5 Å². The lowest BCUT2D eigenvalue weighted by Crippen LogP contribution is -2.40. The van der Waals surface area contributed by atoms with E-state index in [2.05, 4.69) is 57.6 Å². The molecule has 0 bridgehead atoms. The number of likely N-dealkylation sites (tertiary alicyclic amines) is 1. The van der Waals surface area contributed by atoms with Crippen LogP contribution in [-0.2, 0) is 6.42 Å². The Labute approximate surface area is 182 Å². The third-order valence-electron chi connectivity index (χ3n) is 4.31. The molecular formula is C19H28IN5OS. The van der Waals surface area contributed by atoms with Gasteiger partial charge in [0.05, 0.1) is 6.54 Å². The second-order valence-electron chi connectivity index (χ2n) is 6.45. The van der Waals surface area contributed by atoms with Gasteiger partial charge in [-0.15, -0.1) is 35.7 Å². The predicted molar refractivity (Wildman–Crippen MR) is 121 cm³/mol. The highest BCUT2D eigenvalue weighted by Crippen LogP contribution is 2.25. The first-order valence-electron chi connectivity index (χ1n) is 9.25. The van der Waals surface area contributed by atoms with E-state index in [1.54, 1.807) is 0 Å². The minimum Gasteiger partial charge on any atom is -0.357 e. The molecule has 1 saturated heterocycles. The largest absolute Gasteiger partial charge is 0.357 e. The van der Waals surface area contributed by atoms with Crippen molar-refractivity contribution in [2.75, 3.05) is 31.9 Å². The van der Waals surface area contributed by atoms with Gasteiger partial charge in [-0.05, 0) is 38.3 Å². The quantitative estimate of drug-likeness (QED) is 0.271. The van der Waals surface area contributed by atoms with Crippen LogP contribution in [0.1, 0.15) is 25.1 Å². The van der Waals surface area contributed by atoms with Crippen LogP contribution >= 0.6 is 35.7 Å². The fraction of sp³-hybridized carbons (Fsp3) is 0.526. The van der Waals surface area contributed by atoms with E-state index in [1.165, 1.54) is 11.3 Å². The van der Waals surface area contributed by atoms with Crippen LogP contribution in [0.4, 0.5) is 0 Å². The van der Waals surface area contributed by atoms with Gasteiger partial charge in [-0.3, -0.25) is 4.99 Å². The molecule has 148 valence electrons. The Balaban J connectivity index is 0.00000261. The molecule has 0 aliphatic carbocycles. The van der Waals surface area contributed by atoms with Crippen molar-refractivity contribution in [3.63, 3.8) is 0 Å². The van der Waals surface area contributed by atoms with Crippen molar-refractivity contribution in [3.05, 3.63) is 42.0 Å². The zero-order valence-corrected chi connectivity index (χ0v) is 19.1. The maximum atomic E-state index is 5.16. The highest BCUT2D eigenvalue weighted by Gasteiger charge is 2.24. The summed E-state index contributed by atoms with van der Waals surface area (Å²) in [6, 6.07) is 10.6. The first-order chi connectivity index (χ1) is 12.7. The predicted octanol–water partition coefficient (Wildman–Crippen LogP) is 3.62. The van der Waals surface area contributed by atoms with E-state index in [4.69, 9.17) is 9.52 Å². The summed E-state index contributed by atoms with van der Waals surface area (Å²) in [4.78, 5) is 12.7. The number of hydrogen-bond acceptors (Lipinski definition) is 5. The minimum atomic E-state index is 0. The van der Waals surface area contributed by atoms with Crippen molar-refractivity contribution in [1.82, 2.24) is 20.4 Å². The Kier molecular flexibility index (Phi) is 9.40. The normalized spacial score (nSPS) is 17.0. The molecule has 1 aromatic carbocycles. The van der Waals surface area contributed by atoms with E-state index in [1.807, 2.05) is 18.7 Å². The highest BCUT2D eigenvalue weighted by atomic mass is 127. The third-order valence-corrected chi connectivity index (χ3v) is 5.55. The van der Waals surface area contributed by atoms with Gasteiger partial charge in [0.2, 0.25) is 5.89 Å². The molecule has 0 amide bonds. The SMILES string of the molecule is CCNC(=NCCc1nc(C)no1)N1CCC(CSc2ccccc2)C1.I. The number of guanidine groups is 1. The monoisotopic (exact) mass is 501 g/mol. The summed E-state index contributed by atoms with van der Waals surface area (Å²) in [7, 11) is 0. The Bertz CT molecular complexity index is 709. The van der Waals surface area contributed by atoms with E-state index < -0.39 is 0 Å². The van der Waals surface area contributed by atoms with Crippen molar-refractivity contribution in [2.24, 2.45) is 10.9 Å². The minimum absolute atomic E-state index is 0. The summed E-state index contributed by atoms with van der Waals surface area (Å²) in [6.07, 6.45) is 1.89. The van der Waals surface area contributed by atoms with Gasteiger partial charge in [0.1, 0.15) is 0 Å². The van der Waals surface area contributed by atoms with Gasteiger partial charge in [0, 0.05) is 36.7 Å². The molecule has 1 aliphatic rings. The van der Waals surface area contributed by atoms with Crippen LogP contribution in [0.15, 0.2) is 44.7 Å². The van der Waals surface area contributed by atoms with Crippen LogP contribution < -0.4 is 5.32 Å². The molecule has 2 heterocycles.